The normalized spacial score (nSPS) is 11.8. The average molecular weight is 419 g/mol. The van der Waals surface area contributed by atoms with Gasteiger partial charge in [0.1, 0.15) is 5.82 Å². The molecule has 0 saturated heterocycles. The summed E-state index contributed by atoms with van der Waals surface area (Å²) in [5.41, 5.74) is 5.53. The lowest BCUT2D eigenvalue weighted by Crippen LogP contribution is -2.39. The maximum absolute atomic E-state index is 13.1. The van der Waals surface area contributed by atoms with Crippen LogP contribution < -0.4 is 10.6 Å². The lowest BCUT2D eigenvalue weighted by atomic mass is 10.1. The summed E-state index contributed by atoms with van der Waals surface area (Å²) in [6, 6.07) is 16.7. The molecule has 0 aliphatic carbocycles. The molecule has 0 saturated carbocycles. The summed E-state index contributed by atoms with van der Waals surface area (Å²) in [6.07, 6.45) is 3.56. The number of aromatic nitrogens is 3. The summed E-state index contributed by atoms with van der Waals surface area (Å²) >= 11 is 0. The molecule has 31 heavy (non-hydrogen) atoms. The van der Waals surface area contributed by atoms with Crippen molar-refractivity contribution in [1.82, 2.24) is 25.4 Å². The number of hydrogen-bond donors (Lipinski definition) is 3. The predicted molar refractivity (Wildman–Crippen MR) is 123 cm³/mol. The molecule has 2 aromatic heterocycles. The molecule has 4 rings (SSSR count). The molecule has 0 amide bonds. The Morgan fingerprint density at radius 1 is 1.03 bits per heavy atom. The van der Waals surface area contributed by atoms with Crippen molar-refractivity contribution < 1.29 is 4.39 Å². The highest BCUT2D eigenvalue weighted by Gasteiger charge is 2.08. The van der Waals surface area contributed by atoms with Gasteiger partial charge in [0.05, 0.1) is 11.4 Å². The average Bonchev–Trinajstić information content (AvgIpc) is 3.37. The summed E-state index contributed by atoms with van der Waals surface area (Å²) in [5.74, 6) is 0.523. The lowest BCUT2D eigenvalue weighted by Gasteiger charge is -2.11. The first kappa shape index (κ1) is 20.7. The number of aryl methyl sites for hydroxylation is 1. The van der Waals surface area contributed by atoms with E-state index in [9.17, 15) is 4.39 Å². The Morgan fingerprint density at radius 3 is 2.55 bits per heavy atom. The van der Waals surface area contributed by atoms with E-state index < -0.39 is 0 Å². The van der Waals surface area contributed by atoms with Gasteiger partial charge in [0.2, 0.25) is 0 Å². The van der Waals surface area contributed by atoms with Crippen LogP contribution in [0.5, 0.6) is 0 Å². The molecule has 0 spiro atoms. The third kappa shape index (κ3) is 4.94. The SMILES string of the molecule is CN=C(NCCc1ccn(-c2ccc(F)cc2)n1)NCCc1c(C)[nH]c2ccccc12. The number of hydrogen-bond acceptors (Lipinski definition) is 2. The standard InChI is InChI=1S/C24H27FN6/c1-17-21(22-5-3-4-6-23(22)29-17)12-15-28-24(26-2)27-14-11-19-13-16-31(30-19)20-9-7-18(25)8-10-20/h3-10,13,16,29H,11-12,14-15H2,1-2H3,(H2,26,27,28). The molecular formula is C24H27FN6. The quantitative estimate of drug-likeness (QED) is 0.316. The summed E-state index contributed by atoms with van der Waals surface area (Å²) in [6.45, 7) is 3.63. The van der Waals surface area contributed by atoms with E-state index in [1.807, 2.05) is 12.3 Å². The first-order valence-corrected chi connectivity index (χ1v) is 10.5. The number of aliphatic imine (C=N–C) groups is 1. The van der Waals surface area contributed by atoms with Crippen molar-refractivity contribution in [2.75, 3.05) is 20.1 Å². The van der Waals surface area contributed by atoms with Crippen molar-refractivity contribution in [2.24, 2.45) is 4.99 Å². The van der Waals surface area contributed by atoms with Gasteiger partial charge in [-0.15, -0.1) is 0 Å². The Hall–Kier alpha value is -3.61. The Balaban J connectivity index is 1.25. The molecule has 2 aromatic carbocycles. The topological polar surface area (TPSA) is 70.0 Å². The molecular weight excluding hydrogens is 391 g/mol. The summed E-state index contributed by atoms with van der Waals surface area (Å²) in [5, 5.41) is 12.6. The molecule has 0 fully saturated rings. The van der Waals surface area contributed by atoms with Crippen LogP contribution >= 0.6 is 0 Å². The van der Waals surface area contributed by atoms with Gasteiger partial charge in [-0.05, 0) is 55.3 Å². The first-order chi connectivity index (χ1) is 15.1. The largest absolute Gasteiger partial charge is 0.358 e. The van der Waals surface area contributed by atoms with Crippen LogP contribution in [0.2, 0.25) is 0 Å². The van der Waals surface area contributed by atoms with Crippen molar-refractivity contribution >= 4 is 16.9 Å². The summed E-state index contributed by atoms with van der Waals surface area (Å²) < 4.78 is 14.8. The van der Waals surface area contributed by atoms with E-state index in [-0.39, 0.29) is 5.82 Å². The highest BCUT2D eigenvalue weighted by molar-refractivity contribution is 5.84. The van der Waals surface area contributed by atoms with Crippen LogP contribution in [0.4, 0.5) is 4.39 Å². The zero-order chi connectivity index (χ0) is 21.6. The first-order valence-electron chi connectivity index (χ1n) is 10.5. The molecule has 0 bridgehead atoms. The number of H-pyrrole nitrogens is 1. The number of nitrogens with zero attached hydrogens (tertiary/aromatic N) is 3. The van der Waals surface area contributed by atoms with E-state index in [4.69, 9.17) is 0 Å². The fourth-order valence-electron chi connectivity index (χ4n) is 3.73. The fourth-order valence-corrected chi connectivity index (χ4v) is 3.73. The minimum Gasteiger partial charge on any atom is -0.358 e. The van der Waals surface area contributed by atoms with E-state index in [2.05, 4.69) is 56.9 Å². The van der Waals surface area contributed by atoms with Crippen LogP contribution in [0.25, 0.3) is 16.6 Å². The second-order valence-electron chi connectivity index (χ2n) is 7.43. The molecule has 3 N–H and O–H groups in total. The summed E-state index contributed by atoms with van der Waals surface area (Å²) in [4.78, 5) is 7.76. The zero-order valence-corrected chi connectivity index (χ0v) is 17.8. The Kier molecular flexibility index (Phi) is 6.31. The van der Waals surface area contributed by atoms with Gasteiger partial charge in [-0.2, -0.15) is 5.10 Å². The van der Waals surface area contributed by atoms with Gasteiger partial charge >= 0.3 is 0 Å². The second kappa shape index (κ2) is 9.47. The van der Waals surface area contributed by atoms with Crippen LogP contribution in [0, 0.1) is 12.7 Å². The second-order valence-corrected chi connectivity index (χ2v) is 7.43. The Labute approximate surface area is 181 Å². The van der Waals surface area contributed by atoms with Crippen LogP contribution in [0.1, 0.15) is 17.0 Å². The molecule has 0 unspecified atom stereocenters. The van der Waals surface area contributed by atoms with Gasteiger partial charge in [0, 0.05) is 49.4 Å². The van der Waals surface area contributed by atoms with Gasteiger partial charge in [-0.3, -0.25) is 4.99 Å². The monoisotopic (exact) mass is 418 g/mol. The Morgan fingerprint density at radius 2 is 1.77 bits per heavy atom. The highest BCUT2D eigenvalue weighted by Crippen LogP contribution is 2.21. The van der Waals surface area contributed by atoms with Gasteiger partial charge in [0.25, 0.3) is 0 Å². The molecule has 160 valence electrons. The minimum atomic E-state index is -0.251. The number of halogens is 1. The van der Waals surface area contributed by atoms with E-state index in [0.29, 0.717) is 6.54 Å². The molecule has 2 heterocycles. The molecule has 0 radical (unpaired) electrons. The van der Waals surface area contributed by atoms with Crippen LogP contribution in [-0.4, -0.2) is 40.9 Å². The van der Waals surface area contributed by atoms with Crippen molar-refractivity contribution in [3.8, 4) is 5.69 Å². The third-order valence-corrected chi connectivity index (χ3v) is 5.33. The van der Waals surface area contributed by atoms with Gasteiger partial charge in [-0.1, -0.05) is 18.2 Å². The third-order valence-electron chi connectivity index (χ3n) is 5.33. The maximum atomic E-state index is 13.1. The smallest absolute Gasteiger partial charge is 0.190 e. The molecule has 7 heteroatoms. The van der Waals surface area contributed by atoms with Crippen molar-refractivity contribution in [1.29, 1.82) is 0 Å². The Bertz CT molecular complexity index is 1170. The zero-order valence-electron chi connectivity index (χ0n) is 17.8. The molecule has 6 nitrogen and oxygen atoms in total. The minimum absolute atomic E-state index is 0.251. The summed E-state index contributed by atoms with van der Waals surface area (Å²) in [7, 11) is 1.77. The van der Waals surface area contributed by atoms with Crippen LogP contribution in [-0.2, 0) is 12.8 Å². The molecule has 0 aliphatic heterocycles. The number of para-hydroxylation sites is 1. The van der Waals surface area contributed by atoms with Crippen LogP contribution in [0.15, 0.2) is 65.8 Å². The van der Waals surface area contributed by atoms with E-state index >= 15 is 0 Å². The van der Waals surface area contributed by atoms with Gasteiger partial charge in [-0.25, -0.2) is 9.07 Å². The predicted octanol–water partition coefficient (Wildman–Crippen LogP) is 3.75. The maximum Gasteiger partial charge on any atom is 0.190 e. The van der Waals surface area contributed by atoms with Crippen molar-refractivity contribution in [3.63, 3.8) is 0 Å². The highest BCUT2D eigenvalue weighted by atomic mass is 19.1. The van der Waals surface area contributed by atoms with Crippen molar-refractivity contribution in [3.05, 3.63) is 83.6 Å². The molecule has 4 aromatic rings. The van der Waals surface area contributed by atoms with Gasteiger partial charge in [0.15, 0.2) is 5.96 Å². The molecule has 0 aliphatic rings. The molecule has 0 atom stereocenters. The number of guanidine groups is 1. The van der Waals surface area contributed by atoms with E-state index in [0.717, 1.165) is 36.7 Å². The van der Waals surface area contributed by atoms with Crippen LogP contribution in [0.3, 0.4) is 0 Å². The number of benzene rings is 2. The van der Waals surface area contributed by atoms with E-state index in [1.165, 1.54) is 34.3 Å². The number of fused-ring (bicyclic) bond motifs is 1. The van der Waals surface area contributed by atoms with E-state index in [1.54, 1.807) is 23.9 Å². The number of rotatable bonds is 7. The van der Waals surface area contributed by atoms with Crippen molar-refractivity contribution in [2.45, 2.75) is 19.8 Å². The number of aromatic amines is 1. The van der Waals surface area contributed by atoms with Gasteiger partial charge < -0.3 is 15.6 Å². The lowest BCUT2D eigenvalue weighted by molar-refractivity contribution is 0.627. The fraction of sp³-hybridized carbons (Fsp3) is 0.250. The number of nitrogens with one attached hydrogen (secondary N) is 3.